The highest BCUT2D eigenvalue weighted by Gasteiger charge is 2.44. The molecule has 1 unspecified atom stereocenters. The van der Waals surface area contributed by atoms with Crippen molar-refractivity contribution in [3.8, 4) is 11.1 Å². The Kier molecular flexibility index (Phi) is 11.6. The van der Waals surface area contributed by atoms with Crippen LogP contribution < -0.4 is 10.6 Å². The second-order valence-corrected chi connectivity index (χ2v) is 16.0. The van der Waals surface area contributed by atoms with Gasteiger partial charge in [0, 0.05) is 47.1 Å². The molecule has 0 radical (unpaired) electrons. The van der Waals surface area contributed by atoms with Gasteiger partial charge in [0.2, 0.25) is 5.72 Å². The highest BCUT2D eigenvalue weighted by Crippen LogP contribution is 2.38. The van der Waals surface area contributed by atoms with Gasteiger partial charge in [0.05, 0.1) is 22.1 Å². The van der Waals surface area contributed by atoms with Crippen molar-refractivity contribution in [1.82, 2.24) is 19.8 Å². The summed E-state index contributed by atoms with van der Waals surface area (Å²) in [7, 11) is 0. The van der Waals surface area contributed by atoms with Gasteiger partial charge in [-0.25, -0.2) is 14.8 Å². The average molecular weight is 781 g/mol. The number of thiazole rings is 2. The number of amides is 2. The third kappa shape index (κ3) is 8.15. The number of benzene rings is 2. The minimum atomic E-state index is -1.96. The molecule has 2 fully saturated rings. The first-order chi connectivity index (χ1) is 25.3. The standard InChI is InChI=1S/C37H41ClN6O7S2/c1-20-23(10-8-12-25(20)41-31(45)33-40-22(3)29(53-33)19-44-17-7-5-15-37(44,51)36(49)50)24-11-9-13-26(30(24)38)42-32(46)34-39-21(2)28(52-34)18-43-16-6-4-14-27(43)35(47)48/h8-13,27,51H,4-7,14-19H2,1-3H3,(H,41,45)(H,42,46)(H,47,48)(H,49,50)/t27?,37-/m0/s1. The van der Waals surface area contributed by atoms with E-state index in [1.54, 1.807) is 31.2 Å². The average Bonchev–Trinajstić information content (AvgIpc) is 3.69. The van der Waals surface area contributed by atoms with Gasteiger partial charge >= 0.3 is 11.9 Å². The molecule has 280 valence electrons. The van der Waals surface area contributed by atoms with Gasteiger partial charge in [-0.05, 0) is 76.3 Å². The number of carboxylic acids is 2. The van der Waals surface area contributed by atoms with Crippen molar-refractivity contribution in [2.24, 2.45) is 0 Å². The molecule has 4 aromatic rings. The van der Waals surface area contributed by atoms with Crippen LogP contribution in [-0.4, -0.2) is 83.7 Å². The number of carbonyl (C=O) groups excluding carboxylic acids is 2. The maximum absolute atomic E-state index is 13.4. The van der Waals surface area contributed by atoms with Crippen molar-refractivity contribution in [2.75, 3.05) is 23.7 Å². The van der Waals surface area contributed by atoms with Crippen molar-refractivity contribution in [2.45, 2.75) is 84.2 Å². The highest BCUT2D eigenvalue weighted by molar-refractivity contribution is 7.14. The molecule has 2 aliphatic rings. The van der Waals surface area contributed by atoms with Gasteiger partial charge in [-0.3, -0.25) is 24.2 Å². The molecule has 53 heavy (non-hydrogen) atoms. The van der Waals surface area contributed by atoms with E-state index in [0.29, 0.717) is 70.7 Å². The van der Waals surface area contributed by atoms with Crippen LogP contribution >= 0.6 is 34.3 Å². The first kappa shape index (κ1) is 38.5. The Balaban J connectivity index is 1.16. The number of aliphatic hydroxyl groups is 1. The lowest BCUT2D eigenvalue weighted by molar-refractivity contribution is -0.191. The van der Waals surface area contributed by atoms with Crippen LogP contribution in [0.5, 0.6) is 0 Å². The second-order valence-electron chi connectivity index (χ2n) is 13.4. The molecule has 0 spiro atoms. The molecule has 5 N–H and O–H groups in total. The zero-order valence-electron chi connectivity index (χ0n) is 29.6. The summed E-state index contributed by atoms with van der Waals surface area (Å²) in [6, 6.07) is 10.2. The SMILES string of the molecule is Cc1nc(C(=O)Nc2cccc(-c3cccc(NC(=O)c4nc(C)c(CN5CCCCC5C(=O)O)s4)c3Cl)c2C)sc1CN1CCCC[C@]1(O)C(=O)O. The van der Waals surface area contributed by atoms with E-state index in [1.807, 2.05) is 30.9 Å². The predicted molar refractivity (Wildman–Crippen MR) is 204 cm³/mol. The molecule has 4 heterocycles. The summed E-state index contributed by atoms with van der Waals surface area (Å²) in [5.74, 6) is -2.98. The van der Waals surface area contributed by atoms with Gasteiger partial charge < -0.3 is 26.0 Å². The first-order valence-electron chi connectivity index (χ1n) is 17.4. The lowest BCUT2D eigenvalue weighted by Gasteiger charge is -2.39. The van der Waals surface area contributed by atoms with E-state index in [9.17, 15) is 34.5 Å². The van der Waals surface area contributed by atoms with Gasteiger partial charge in [-0.1, -0.05) is 42.3 Å². The fraction of sp³-hybridized carbons (Fsp3) is 0.405. The Morgan fingerprint density at radius 1 is 0.830 bits per heavy atom. The maximum atomic E-state index is 13.4. The summed E-state index contributed by atoms with van der Waals surface area (Å²) < 4.78 is 0. The van der Waals surface area contributed by atoms with Crippen LogP contribution in [0.3, 0.4) is 0 Å². The number of aromatic nitrogens is 2. The van der Waals surface area contributed by atoms with Gasteiger partial charge in [0.1, 0.15) is 6.04 Å². The van der Waals surface area contributed by atoms with E-state index in [2.05, 4.69) is 20.6 Å². The van der Waals surface area contributed by atoms with Crippen LogP contribution in [0.4, 0.5) is 11.4 Å². The molecule has 2 atom stereocenters. The summed E-state index contributed by atoms with van der Waals surface area (Å²) in [5.41, 5.74) is 2.34. The number of hydrogen-bond acceptors (Lipinski definition) is 11. The van der Waals surface area contributed by atoms with E-state index in [1.165, 1.54) is 16.2 Å². The number of aryl methyl sites for hydroxylation is 2. The number of nitrogens with one attached hydrogen (secondary N) is 2. The lowest BCUT2D eigenvalue weighted by Crippen LogP contribution is -2.56. The molecular formula is C37H41ClN6O7S2. The number of halogens is 1. The maximum Gasteiger partial charge on any atom is 0.351 e. The molecule has 2 aromatic carbocycles. The highest BCUT2D eigenvalue weighted by atomic mass is 35.5. The van der Waals surface area contributed by atoms with Crippen molar-refractivity contribution in [1.29, 1.82) is 0 Å². The van der Waals surface area contributed by atoms with Crippen molar-refractivity contribution in [3.63, 3.8) is 0 Å². The first-order valence-corrected chi connectivity index (χ1v) is 19.4. The number of carbonyl (C=O) groups is 4. The number of aliphatic carboxylic acids is 2. The van der Waals surface area contributed by atoms with Crippen molar-refractivity contribution in [3.05, 3.63) is 78.1 Å². The zero-order valence-corrected chi connectivity index (χ0v) is 32.0. The summed E-state index contributed by atoms with van der Waals surface area (Å²) in [6.07, 6.45) is 3.90. The van der Waals surface area contributed by atoms with E-state index < -0.39 is 35.5 Å². The topological polar surface area (TPSA) is 185 Å². The Morgan fingerprint density at radius 3 is 2.06 bits per heavy atom. The third-order valence-corrected chi connectivity index (χ3v) is 12.6. The summed E-state index contributed by atoms with van der Waals surface area (Å²) in [5, 5.41) is 36.8. The molecule has 13 nitrogen and oxygen atoms in total. The molecule has 0 bridgehead atoms. The molecule has 6 rings (SSSR count). The quantitative estimate of drug-likeness (QED) is 0.111. The molecular weight excluding hydrogens is 740 g/mol. The molecule has 2 amide bonds. The van der Waals surface area contributed by atoms with Crippen LogP contribution in [0.1, 0.15) is 84.8 Å². The van der Waals surface area contributed by atoms with Crippen LogP contribution in [0, 0.1) is 20.8 Å². The summed E-state index contributed by atoms with van der Waals surface area (Å²) in [4.78, 5) is 64.4. The van der Waals surface area contributed by atoms with E-state index in [0.717, 1.165) is 46.6 Å². The van der Waals surface area contributed by atoms with E-state index in [-0.39, 0.29) is 23.0 Å². The number of carboxylic acid groups (broad SMARTS) is 2. The fourth-order valence-electron chi connectivity index (χ4n) is 6.88. The third-order valence-electron chi connectivity index (χ3n) is 9.94. The van der Waals surface area contributed by atoms with Crippen LogP contribution in [-0.2, 0) is 22.7 Å². The largest absolute Gasteiger partial charge is 0.480 e. The normalized spacial score (nSPS) is 19.5. The molecule has 2 saturated heterocycles. The number of anilines is 2. The lowest BCUT2D eigenvalue weighted by atomic mass is 9.98. The fourth-order valence-corrected chi connectivity index (χ4v) is 9.11. The number of rotatable bonds is 11. The summed E-state index contributed by atoms with van der Waals surface area (Å²) in [6.45, 7) is 7.09. The van der Waals surface area contributed by atoms with Crippen molar-refractivity contribution < 1.29 is 34.5 Å². The number of nitrogens with zero attached hydrogens (tertiary/aromatic N) is 4. The minimum Gasteiger partial charge on any atom is -0.480 e. The predicted octanol–water partition coefficient (Wildman–Crippen LogP) is 6.55. The van der Waals surface area contributed by atoms with Gasteiger partial charge in [0.25, 0.3) is 11.8 Å². The molecule has 0 aliphatic carbocycles. The Bertz CT molecular complexity index is 2070. The number of likely N-dealkylation sites (tertiary alicyclic amines) is 2. The van der Waals surface area contributed by atoms with Crippen molar-refractivity contribution >= 4 is 69.4 Å². The second kappa shape index (κ2) is 16.0. The number of piperidine rings is 2. The Morgan fingerprint density at radius 2 is 1.42 bits per heavy atom. The van der Waals surface area contributed by atoms with E-state index in [4.69, 9.17) is 11.6 Å². The Hall–Kier alpha value is -4.25. The van der Waals surface area contributed by atoms with Crippen LogP contribution in [0.25, 0.3) is 11.1 Å². The molecule has 2 aliphatic heterocycles. The molecule has 16 heteroatoms. The van der Waals surface area contributed by atoms with E-state index >= 15 is 0 Å². The monoisotopic (exact) mass is 780 g/mol. The zero-order chi connectivity index (χ0) is 38.0. The van der Waals surface area contributed by atoms with Gasteiger partial charge in [-0.2, -0.15) is 0 Å². The van der Waals surface area contributed by atoms with Gasteiger partial charge in [-0.15, -0.1) is 22.7 Å². The minimum absolute atomic E-state index is 0.131. The van der Waals surface area contributed by atoms with Crippen LogP contribution in [0.15, 0.2) is 36.4 Å². The molecule has 0 saturated carbocycles. The molecule has 2 aromatic heterocycles. The van der Waals surface area contributed by atoms with Crippen LogP contribution in [0.2, 0.25) is 5.02 Å². The summed E-state index contributed by atoms with van der Waals surface area (Å²) >= 11 is 9.30. The van der Waals surface area contributed by atoms with Gasteiger partial charge in [0.15, 0.2) is 10.0 Å². The Labute approximate surface area is 319 Å². The smallest absolute Gasteiger partial charge is 0.351 e. The number of hydrogen-bond donors (Lipinski definition) is 5.